The molecule has 0 spiro atoms. The Bertz CT molecular complexity index is 673. The Hall–Kier alpha value is -1.82. The van der Waals surface area contributed by atoms with E-state index in [9.17, 15) is 0 Å². The number of rotatable bonds is 3. The Kier molecular flexibility index (Phi) is 3.71. The van der Waals surface area contributed by atoms with Crippen LogP contribution in [0.5, 0.6) is 0 Å². The van der Waals surface area contributed by atoms with Gasteiger partial charge in [0.2, 0.25) is 0 Å². The molecule has 0 unspecified atom stereocenters. The topological polar surface area (TPSA) is 0 Å². The van der Waals surface area contributed by atoms with E-state index < -0.39 is 0 Å². The first-order chi connectivity index (χ1) is 10.1. The summed E-state index contributed by atoms with van der Waals surface area (Å²) in [5.41, 5.74) is 8.33. The normalized spacial score (nSPS) is 13.7. The molecule has 0 bridgehead atoms. The van der Waals surface area contributed by atoms with E-state index >= 15 is 0 Å². The molecule has 107 valence electrons. The molecule has 0 aromatic heterocycles. The number of hydrogen-bond acceptors (Lipinski definition) is 0. The highest BCUT2D eigenvalue weighted by molar-refractivity contribution is 5.95. The van der Waals surface area contributed by atoms with Gasteiger partial charge in [-0.2, -0.15) is 0 Å². The van der Waals surface area contributed by atoms with Crippen molar-refractivity contribution in [3.8, 4) is 0 Å². The van der Waals surface area contributed by atoms with Crippen molar-refractivity contribution in [3.05, 3.63) is 76.7 Å². The summed E-state index contributed by atoms with van der Waals surface area (Å²) < 4.78 is 0. The second-order valence-corrected chi connectivity index (χ2v) is 6.53. The molecule has 1 aliphatic carbocycles. The van der Waals surface area contributed by atoms with E-state index in [0.717, 1.165) is 0 Å². The minimum absolute atomic E-state index is 0.553. The van der Waals surface area contributed by atoms with Crippen LogP contribution in [0.4, 0.5) is 0 Å². The van der Waals surface area contributed by atoms with Gasteiger partial charge >= 0.3 is 0 Å². The predicted molar refractivity (Wildman–Crippen MR) is 92.3 cm³/mol. The minimum atomic E-state index is 0.553. The fraction of sp³-hybridized carbons (Fsp3) is 0.286. The molecule has 0 saturated heterocycles. The third-order valence-electron chi connectivity index (χ3n) is 4.27. The molecule has 0 aliphatic heterocycles. The Labute approximate surface area is 128 Å². The molecule has 2 aromatic rings. The first kappa shape index (κ1) is 14.1. The third-order valence-corrected chi connectivity index (χ3v) is 4.27. The Morgan fingerprint density at radius 3 is 2.14 bits per heavy atom. The van der Waals surface area contributed by atoms with Crippen molar-refractivity contribution in [2.24, 2.45) is 0 Å². The van der Waals surface area contributed by atoms with Crippen LogP contribution in [0.25, 0.3) is 11.6 Å². The lowest BCUT2D eigenvalue weighted by Crippen LogP contribution is -1.98. The molecule has 3 rings (SSSR count). The summed E-state index contributed by atoms with van der Waals surface area (Å²) in [6.07, 6.45) is 4.69. The van der Waals surface area contributed by atoms with Crippen LogP contribution < -0.4 is 0 Å². The quantitative estimate of drug-likeness (QED) is 0.640. The Morgan fingerprint density at radius 1 is 0.810 bits per heavy atom. The maximum absolute atomic E-state index is 2.40. The monoisotopic (exact) mass is 275 g/mol. The van der Waals surface area contributed by atoms with Gasteiger partial charge in [0.15, 0.2) is 0 Å². The van der Waals surface area contributed by atoms with E-state index in [0.29, 0.717) is 11.8 Å². The summed E-state index contributed by atoms with van der Waals surface area (Å²) in [7, 11) is 0. The van der Waals surface area contributed by atoms with Crippen molar-refractivity contribution in [3.63, 3.8) is 0 Å². The molecule has 0 N–H and O–H groups in total. The van der Waals surface area contributed by atoms with Crippen LogP contribution >= 0.6 is 0 Å². The van der Waals surface area contributed by atoms with Crippen LogP contribution in [0, 0.1) is 6.42 Å². The Balaban J connectivity index is 2.08. The fourth-order valence-electron chi connectivity index (χ4n) is 2.98. The van der Waals surface area contributed by atoms with Gasteiger partial charge in [-0.3, -0.25) is 0 Å². The SMILES string of the molecule is CC(C)c1cc2c(c(C(C)C)c1)C=C(c1ccccc1)[CH]2. The molecule has 0 nitrogen and oxygen atoms in total. The lowest BCUT2D eigenvalue weighted by molar-refractivity contribution is 0.830. The van der Waals surface area contributed by atoms with Gasteiger partial charge in [-0.15, -0.1) is 0 Å². The van der Waals surface area contributed by atoms with Gasteiger partial charge in [-0.1, -0.05) is 70.2 Å². The van der Waals surface area contributed by atoms with Crippen LogP contribution in [0.15, 0.2) is 42.5 Å². The van der Waals surface area contributed by atoms with Gasteiger partial charge in [0.05, 0.1) is 0 Å². The summed E-state index contributed by atoms with van der Waals surface area (Å²) in [5, 5.41) is 0. The van der Waals surface area contributed by atoms with Gasteiger partial charge in [-0.25, -0.2) is 0 Å². The molecule has 1 aliphatic rings. The summed E-state index contributed by atoms with van der Waals surface area (Å²) >= 11 is 0. The number of allylic oxidation sites excluding steroid dienone is 1. The van der Waals surface area contributed by atoms with E-state index in [1.54, 1.807) is 0 Å². The lowest BCUT2D eigenvalue weighted by Gasteiger charge is -2.16. The van der Waals surface area contributed by atoms with E-state index in [1.165, 1.54) is 33.4 Å². The molecule has 0 heteroatoms. The van der Waals surface area contributed by atoms with Crippen molar-refractivity contribution in [1.29, 1.82) is 0 Å². The summed E-state index contributed by atoms with van der Waals surface area (Å²) in [4.78, 5) is 0. The molecule has 1 radical (unpaired) electrons. The molecule has 0 heterocycles. The van der Waals surface area contributed by atoms with Gasteiger partial charge in [0, 0.05) is 6.42 Å². The third kappa shape index (κ3) is 2.68. The zero-order valence-corrected chi connectivity index (χ0v) is 13.4. The zero-order chi connectivity index (χ0) is 15.0. The maximum Gasteiger partial charge on any atom is 0.0211 e. The van der Waals surface area contributed by atoms with Crippen molar-refractivity contribution in [1.82, 2.24) is 0 Å². The molecular formula is C21H23. The molecule has 2 aromatic carbocycles. The first-order valence-corrected chi connectivity index (χ1v) is 7.86. The highest BCUT2D eigenvalue weighted by Crippen LogP contribution is 2.39. The zero-order valence-electron chi connectivity index (χ0n) is 13.4. The average Bonchev–Trinajstić information content (AvgIpc) is 2.90. The predicted octanol–water partition coefficient (Wildman–Crippen LogP) is 6.04. The maximum atomic E-state index is 2.40. The molecular weight excluding hydrogens is 252 g/mol. The average molecular weight is 275 g/mol. The molecule has 0 atom stereocenters. The summed E-state index contributed by atoms with van der Waals surface area (Å²) in [5.74, 6) is 1.12. The van der Waals surface area contributed by atoms with Gasteiger partial charge < -0.3 is 0 Å². The van der Waals surface area contributed by atoms with Gasteiger partial charge in [0.1, 0.15) is 0 Å². The lowest BCUT2D eigenvalue weighted by atomic mass is 9.89. The second-order valence-electron chi connectivity index (χ2n) is 6.53. The van der Waals surface area contributed by atoms with E-state index in [2.05, 4.69) is 82.7 Å². The van der Waals surface area contributed by atoms with Crippen LogP contribution in [-0.2, 0) is 0 Å². The molecule has 0 fully saturated rings. The highest BCUT2D eigenvalue weighted by Gasteiger charge is 2.20. The van der Waals surface area contributed by atoms with Crippen LogP contribution in [0.3, 0.4) is 0 Å². The summed E-state index contributed by atoms with van der Waals surface area (Å²) in [6.45, 7) is 9.11. The smallest absolute Gasteiger partial charge is 0.0211 e. The van der Waals surface area contributed by atoms with Crippen LogP contribution in [0.1, 0.15) is 67.3 Å². The highest BCUT2D eigenvalue weighted by atomic mass is 14.2. The minimum Gasteiger partial charge on any atom is -0.0622 e. The summed E-state index contributed by atoms with van der Waals surface area (Å²) in [6, 6.07) is 15.4. The largest absolute Gasteiger partial charge is 0.0622 e. The van der Waals surface area contributed by atoms with Crippen molar-refractivity contribution in [2.45, 2.75) is 39.5 Å². The van der Waals surface area contributed by atoms with E-state index in [-0.39, 0.29) is 0 Å². The first-order valence-electron chi connectivity index (χ1n) is 7.86. The van der Waals surface area contributed by atoms with Crippen molar-refractivity contribution in [2.75, 3.05) is 0 Å². The van der Waals surface area contributed by atoms with Gasteiger partial charge in [0.25, 0.3) is 0 Å². The second kappa shape index (κ2) is 5.52. The van der Waals surface area contributed by atoms with Crippen molar-refractivity contribution >= 4 is 11.6 Å². The van der Waals surface area contributed by atoms with Gasteiger partial charge in [-0.05, 0) is 51.3 Å². The Morgan fingerprint density at radius 2 is 1.52 bits per heavy atom. The molecule has 0 amide bonds. The van der Waals surface area contributed by atoms with Crippen molar-refractivity contribution < 1.29 is 0 Å². The number of hydrogen-bond donors (Lipinski definition) is 0. The molecule has 0 saturated carbocycles. The van der Waals surface area contributed by atoms with E-state index in [1.807, 2.05) is 0 Å². The molecule has 21 heavy (non-hydrogen) atoms. The van der Waals surface area contributed by atoms with Crippen LogP contribution in [-0.4, -0.2) is 0 Å². The number of benzene rings is 2. The standard InChI is InChI=1S/C21H23/c1-14(2)17-10-19-11-18(16-8-6-5-7-9-16)13-21(19)20(12-17)15(3)4/h5-15H,1-4H3. The van der Waals surface area contributed by atoms with Crippen LogP contribution in [0.2, 0.25) is 0 Å². The number of fused-ring (bicyclic) bond motifs is 1. The van der Waals surface area contributed by atoms with E-state index in [4.69, 9.17) is 0 Å². The fourth-order valence-corrected chi connectivity index (χ4v) is 2.98.